The predicted molar refractivity (Wildman–Crippen MR) is 138 cm³/mol. The number of benzene rings is 2. The van der Waals surface area contributed by atoms with Crippen molar-refractivity contribution in [1.82, 2.24) is 9.03 Å². The summed E-state index contributed by atoms with van der Waals surface area (Å²) in [5.74, 6) is -0.233. The van der Waals surface area contributed by atoms with Crippen molar-refractivity contribution in [3.05, 3.63) is 53.6 Å². The van der Waals surface area contributed by atoms with E-state index in [9.17, 15) is 21.6 Å². The van der Waals surface area contributed by atoms with Crippen LogP contribution in [0.15, 0.2) is 52.3 Å². The summed E-state index contributed by atoms with van der Waals surface area (Å²) in [6.07, 6.45) is 7.11. The third-order valence-corrected chi connectivity index (χ3v) is 11.2. The number of carbonyl (C=O) groups is 1. The molecule has 1 saturated heterocycles. The summed E-state index contributed by atoms with van der Waals surface area (Å²) in [5, 5.41) is 0. The number of piperidine rings is 1. The first-order valence-electron chi connectivity index (χ1n) is 12.8. The molecule has 10 heteroatoms. The Morgan fingerprint density at radius 3 is 2.22 bits per heavy atom. The summed E-state index contributed by atoms with van der Waals surface area (Å²) in [6.45, 7) is 2.89. The fourth-order valence-corrected chi connectivity index (χ4v) is 8.63. The molecule has 2 aromatic rings. The van der Waals surface area contributed by atoms with Crippen LogP contribution >= 0.6 is 0 Å². The standard InChI is InChI=1S/C26H33N3O5S2/c1-19-6-4-5-16-29(19)36(33,34)23-11-9-20(10-12-23)26(30)28-17-15-21-18-24(13-14-25(21)28)35(31,32)27-22-7-2-3-8-22/h9-14,18-19,22,27H,2-8,15-17H2,1H3. The molecule has 1 saturated carbocycles. The molecular weight excluding hydrogens is 498 g/mol. The number of amides is 1. The van der Waals surface area contributed by atoms with Crippen molar-refractivity contribution in [3.8, 4) is 0 Å². The van der Waals surface area contributed by atoms with Gasteiger partial charge in [0.05, 0.1) is 9.79 Å². The van der Waals surface area contributed by atoms with Crippen LogP contribution in [0.3, 0.4) is 0 Å². The fourth-order valence-electron chi connectivity index (χ4n) is 5.58. The van der Waals surface area contributed by atoms with Gasteiger partial charge in [0.25, 0.3) is 5.91 Å². The Labute approximate surface area is 213 Å². The molecule has 2 aliphatic heterocycles. The summed E-state index contributed by atoms with van der Waals surface area (Å²) < 4.78 is 56.2. The van der Waals surface area contributed by atoms with E-state index in [4.69, 9.17) is 0 Å². The maximum absolute atomic E-state index is 13.3. The average Bonchev–Trinajstić information content (AvgIpc) is 3.53. The summed E-state index contributed by atoms with van der Waals surface area (Å²) in [7, 11) is -7.21. The normalized spacial score (nSPS) is 21.6. The lowest BCUT2D eigenvalue weighted by molar-refractivity contribution is 0.0989. The lowest BCUT2D eigenvalue weighted by Gasteiger charge is -2.32. The molecular formula is C26H33N3O5S2. The van der Waals surface area contributed by atoms with Crippen molar-refractivity contribution in [2.75, 3.05) is 18.0 Å². The van der Waals surface area contributed by atoms with Gasteiger partial charge in [0.15, 0.2) is 0 Å². The van der Waals surface area contributed by atoms with Gasteiger partial charge in [0, 0.05) is 36.4 Å². The van der Waals surface area contributed by atoms with Gasteiger partial charge in [0.1, 0.15) is 0 Å². The molecule has 2 aromatic carbocycles. The molecule has 5 rings (SSSR count). The number of carbonyl (C=O) groups excluding carboxylic acids is 1. The second-order valence-electron chi connectivity index (χ2n) is 10.1. The molecule has 1 amide bonds. The van der Waals surface area contributed by atoms with E-state index in [0.29, 0.717) is 30.8 Å². The highest BCUT2D eigenvalue weighted by Gasteiger charge is 2.32. The highest BCUT2D eigenvalue weighted by molar-refractivity contribution is 7.89. The molecule has 1 atom stereocenters. The molecule has 0 spiro atoms. The Morgan fingerprint density at radius 2 is 1.53 bits per heavy atom. The van der Waals surface area contributed by atoms with E-state index in [1.807, 2.05) is 6.92 Å². The maximum atomic E-state index is 13.3. The van der Waals surface area contributed by atoms with Crippen molar-refractivity contribution < 1.29 is 21.6 Å². The predicted octanol–water partition coefficient (Wildman–Crippen LogP) is 3.67. The van der Waals surface area contributed by atoms with Crippen LogP contribution in [0.1, 0.15) is 67.8 Å². The molecule has 8 nitrogen and oxygen atoms in total. The van der Waals surface area contributed by atoms with Crippen LogP contribution in [0.5, 0.6) is 0 Å². The number of nitrogens with one attached hydrogen (secondary N) is 1. The monoisotopic (exact) mass is 531 g/mol. The lowest BCUT2D eigenvalue weighted by atomic mass is 10.1. The van der Waals surface area contributed by atoms with Crippen LogP contribution in [0, 0.1) is 0 Å². The molecule has 0 bridgehead atoms. The maximum Gasteiger partial charge on any atom is 0.258 e. The minimum absolute atomic E-state index is 0.00811. The fraction of sp³-hybridized carbons (Fsp3) is 0.500. The van der Waals surface area contributed by atoms with Crippen molar-refractivity contribution >= 4 is 31.6 Å². The Kier molecular flexibility index (Phi) is 6.97. The van der Waals surface area contributed by atoms with Gasteiger partial charge in [-0.05, 0) is 87.1 Å². The Hall–Kier alpha value is -2.27. The zero-order valence-corrected chi connectivity index (χ0v) is 22.2. The summed E-state index contributed by atoms with van der Waals surface area (Å²) in [4.78, 5) is 15.3. The average molecular weight is 532 g/mol. The van der Waals surface area contributed by atoms with E-state index >= 15 is 0 Å². The summed E-state index contributed by atoms with van der Waals surface area (Å²) in [6, 6.07) is 11.0. The molecule has 36 heavy (non-hydrogen) atoms. The van der Waals surface area contributed by atoms with E-state index < -0.39 is 20.0 Å². The van der Waals surface area contributed by atoms with E-state index in [2.05, 4.69) is 4.72 Å². The number of rotatable bonds is 6. The zero-order valence-electron chi connectivity index (χ0n) is 20.5. The van der Waals surface area contributed by atoms with Gasteiger partial charge in [-0.1, -0.05) is 19.3 Å². The van der Waals surface area contributed by atoms with Gasteiger partial charge in [-0.15, -0.1) is 0 Å². The Bertz CT molecular complexity index is 1350. The number of fused-ring (bicyclic) bond motifs is 1. The van der Waals surface area contributed by atoms with Gasteiger partial charge in [-0.3, -0.25) is 4.79 Å². The van der Waals surface area contributed by atoms with Crippen LogP contribution < -0.4 is 9.62 Å². The number of nitrogens with zero attached hydrogens (tertiary/aromatic N) is 2. The number of anilines is 1. The smallest absolute Gasteiger partial charge is 0.258 e. The quantitative estimate of drug-likeness (QED) is 0.613. The zero-order chi connectivity index (χ0) is 25.5. The first-order chi connectivity index (χ1) is 17.2. The molecule has 0 radical (unpaired) electrons. The molecule has 1 unspecified atom stereocenters. The van der Waals surface area contributed by atoms with Crippen molar-refractivity contribution in [2.24, 2.45) is 0 Å². The highest BCUT2D eigenvalue weighted by Crippen LogP contribution is 2.32. The van der Waals surface area contributed by atoms with Crippen LogP contribution in [0.2, 0.25) is 0 Å². The summed E-state index contributed by atoms with van der Waals surface area (Å²) >= 11 is 0. The van der Waals surface area contributed by atoms with Gasteiger partial charge >= 0.3 is 0 Å². The largest absolute Gasteiger partial charge is 0.308 e. The van der Waals surface area contributed by atoms with E-state index in [1.165, 1.54) is 12.1 Å². The van der Waals surface area contributed by atoms with Crippen LogP contribution in [-0.4, -0.2) is 52.2 Å². The Balaban J connectivity index is 1.32. The SMILES string of the molecule is CC1CCCCN1S(=O)(=O)c1ccc(C(=O)N2CCc3cc(S(=O)(=O)NC4CCCC4)ccc32)cc1. The number of hydrogen-bond donors (Lipinski definition) is 1. The second kappa shape index (κ2) is 9.89. The van der Waals surface area contributed by atoms with Gasteiger partial charge < -0.3 is 4.90 Å². The van der Waals surface area contributed by atoms with Crippen LogP contribution in [0.25, 0.3) is 0 Å². The third-order valence-electron chi connectivity index (χ3n) is 7.63. The second-order valence-corrected chi connectivity index (χ2v) is 13.7. The molecule has 2 heterocycles. The van der Waals surface area contributed by atoms with E-state index in [1.54, 1.807) is 39.5 Å². The van der Waals surface area contributed by atoms with Gasteiger partial charge in [0.2, 0.25) is 20.0 Å². The minimum atomic E-state index is -3.60. The molecule has 1 N–H and O–H groups in total. The molecule has 3 aliphatic rings. The summed E-state index contributed by atoms with van der Waals surface area (Å²) in [5.41, 5.74) is 1.91. The molecule has 2 fully saturated rings. The van der Waals surface area contributed by atoms with Gasteiger partial charge in [-0.2, -0.15) is 4.31 Å². The molecule has 194 valence electrons. The Morgan fingerprint density at radius 1 is 0.861 bits per heavy atom. The first-order valence-corrected chi connectivity index (χ1v) is 15.7. The van der Waals surface area contributed by atoms with Crippen molar-refractivity contribution in [1.29, 1.82) is 0 Å². The van der Waals surface area contributed by atoms with E-state index in [0.717, 1.165) is 50.5 Å². The van der Waals surface area contributed by atoms with Crippen LogP contribution in [0.4, 0.5) is 5.69 Å². The van der Waals surface area contributed by atoms with Crippen molar-refractivity contribution in [2.45, 2.75) is 80.2 Å². The lowest BCUT2D eigenvalue weighted by Crippen LogP contribution is -2.41. The topological polar surface area (TPSA) is 104 Å². The van der Waals surface area contributed by atoms with Crippen molar-refractivity contribution in [3.63, 3.8) is 0 Å². The number of hydrogen-bond acceptors (Lipinski definition) is 5. The van der Waals surface area contributed by atoms with E-state index in [-0.39, 0.29) is 27.8 Å². The minimum Gasteiger partial charge on any atom is -0.308 e. The first kappa shape index (κ1) is 25.4. The molecule has 0 aromatic heterocycles. The highest BCUT2D eigenvalue weighted by atomic mass is 32.2. The third kappa shape index (κ3) is 4.83. The number of sulfonamides is 2. The van der Waals surface area contributed by atoms with Gasteiger partial charge in [-0.25, -0.2) is 21.6 Å². The van der Waals surface area contributed by atoms with Crippen LogP contribution in [-0.2, 0) is 26.5 Å². The molecule has 1 aliphatic carbocycles.